The monoisotopic (exact) mass is 373 g/mol. The number of hydrogen-bond donors (Lipinski definition) is 2. The van der Waals surface area contributed by atoms with Crippen LogP contribution >= 0.6 is 11.3 Å². The Morgan fingerprint density at radius 2 is 2.08 bits per heavy atom. The van der Waals surface area contributed by atoms with Gasteiger partial charge in [0.05, 0.1) is 26.4 Å². The maximum absolute atomic E-state index is 6.10. The number of fused-ring (bicyclic) bond motifs is 2. The van der Waals surface area contributed by atoms with E-state index in [0.717, 1.165) is 36.6 Å². The first-order chi connectivity index (χ1) is 12.6. The van der Waals surface area contributed by atoms with Crippen molar-refractivity contribution >= 4 is 23.0 Å². The molecule has 3 heterocycles. The summed E-state index contributed by atoms with van der Waals surface area (Å²) in [5, 5.41) is 5.24. The molecule has 6 nitrogen and oxygen atoms in total. The summed E-state index contributed by atoms with van der Waals surface area (Å²) in [6.45, 7) is 4.59. The molecule has 4 rings (SSSR count). The lowest BCUT2D eigenvalue weighted by Crippen LogP contribution is -2.36. The summed E-state index contributed by atoms with van der Waals surface area (Å²) in [7, 11) is 0. The lowest BCUT2D eigenvalue weighted by atomic mass is 9.93. The van der Waals surface area contributed by atoms with Gasteiger partial charge in [-0.15, -0.1) is 11.3 Å². The molecular weight excluding hydrogens is 350 g/mol. The molecule has 0 saturated heterocycles. The van der Waals surface area contributed by atoms with Crippen LogP contribution in [0.15, 0.2) is 34.6 Å². The van der Waals surface area contributed by atoms with Gasteiger partial charge in [0.25, 0.3) is 0 Å². The van der Waals surface area contributed by atoms with Crippen molar-refractivity contribution in [2.45, 2.75) is 25.4 Å². The molecule has 26 heavy (non-hydrogen) atoms. The van der Waals surface area contributed by atoms with Crippen LogP contribution in [0.1, 0.15) is 23.8 Å². The predicted molar refractivity (Wildman–Crippen MR) is 103 cm³/mol. The maximum Gasteiger partial charge on any atom is 0.193 e. The second kappa shape index (κ2) is 7.17. The van der Waals surface area contributed by atoms with Crippen molar-refractivity contribution in [3.05, 3.63) is 40.1 Å². The average molecular weight is 373 g/mol. The van der Waals surface area contributed by atoms with Gasteiger partial charge in [0, 0.05) is 29.5 Å². The Morgan fingerprint density at radius 1 is 1.23 bits per heavy atom. The van der Waals surface area contributed by atoms with E-state index in [1.54, 1.807) is 11.3 Å². The third kappa shape index (κ3) is 3.50. The number of ether oxygens (including phenoxy) is 3. The number of benzene rings is 1. The Labute approximate surface area is 157 Å². The fraction of sp³-hybridized carbons (Fsp3) is 0.421. The van der Waals surface area contributed by atoms with Crippen LogP contribution in [0, 0.1) is 0 Å². The second-order valence-electron chi connectivity index (χ2n) is 6.63. The van der Waals surface area contributed by atoms with E-state index in [0.29, 0.717) is 25.7 Å². The molecule has 1 unspecified atom stereocenters. The number of aliphatic imine (C=N–C) groups is 1. The minimum Gasteiger partial charge on any atom is -0.490 e. The molecule has 0 fully saturated rings. The van der Waals surface area contributed by atoms with Gasteiger partial charge in [0.15, 0.2) is 17.5 Å². The molecule has 7 heteroatoms. The van der Waals surface area contributed by atoms with Gasteiger partial charge in [0.2, 0.25) is 0 Å². The highest BCUT2D eigenvalue weighted by Crippen LogP contribution is 2.36. The summed E-state index contributed by atoms with van der Waals surface area (Å²) in [6, 6.07) is 7.81. The molecule has 0 spiro atoms. The van der Waals surface area contributed by atoms with Crippen LogP contribution in [0.2, 0.25) is 0 Å². The van der Waals surface area contributed by atoms with Gasteiger partial charge >= 0.3 is 0 Å². The predicted octanol–water partition coefficient (Wildman–Crippen LogP) is 3.12. The number of nitrogens with one attached hydrogen (secondary N) is 1. The first-order valence-corrected chi connectivity index (χ1v) is 9.69. The zero-order valence-corrected chi connectivity index (χ0v) is 15.6. The van der Waals surface area contributed by atoms with E-state index in [4.69, 9.17) is 19.9 Å². The molecule has 138 valence electrons. The van der Waals surface area contributed by atoms with Crippen molar-refractivity contribution in [3.8, 4) is 11.5 Å². The van der Waals surface area contributed by atoms with E-state index >= 15 is 0 Å². The van der Waals surface area contributed by atoms with Crippen molar-refractivity contribution in [1.29, 1.82) is 0 Å². The topological polar surface area (TPSA) is 78.1 Å². The number of anilines is 1. The summed E-state index contributed by atoms with van der Waals surface area (Å²) in [6.07, 6.45) is 1.85. The Bertz CT molecular complexity index is 820. The van der Waals surface area contributed by atoms with Crippen molar-refractivity contribution in [2.75, 3.05) is 31.7 Å². The van der Waals surface area contributed by atoms with Crippen LogP contribution in [0.4, 0.5) is 5.69 Å². The number of thiophene rings is 1. The first kappa shape index (κ1) is 17.2. The summed E-state index contributed by atoms with van der Waals surface area (Å²) in [5.74, 6) is 1.84. The van der Waals surface area contributed by atoms with Crippen molar-refractivity contribution in [2.24, 2.45) is 10.7 Å². The zero-order valence-electron chi connectivity index (χ0n) is 14.8. The SMILES string of the molecule is CC1(CN=C(N)Nc2ccc3c(c2)OCCCO3)OCCc2sccc21. The van der Waals surface area contributed by atoms with E-state index in [1.165, 1.54) is 10.4 Å². The van der Waals surface area contributed by atoms with Crippen LogP contribution in [0.25, 0.3) is 0 Å². The molecule has 2 aromatic rings. The number of nitrogens with two attached hydrogens (primary N) is 1. The zero-order chi connectivity index (χ0) is 18.0. The van der Waals surface area contributed by atoms with Gasteiger partial charge in [-0.25, -0.2) is 4.99 Å². The molecule has 0 radical (unpaired) electrons. The molecule has 3 N–H and O–H groups in total. The number of hydrogen-bond acceptors (Lipinski definition) is 5. The summed E-state index contributed by atoms with van der Waals surface area (Å²) >= 11 is 1.78. The molecule has 1 atom stereocenters. The molecule has 0 saturated carbocycles. The Morgan fingerprint density at radius 3 is 2.96 bits per heavy atom. The standard InChI is InChI=1S/C19H23N3O3S/c1-19(14-6-10-26-17(14)5-9-25-19)12-21-18(20)22-13-3-4-15-16(11-13)24-8-2-7-23-15/h3-4,6,10-11H,2,5,7-9,12H2,1H3,(H3,20,21,22). The Hall–Kier alpha value is -2.25. The van der Waals surface area contributed by atoms with Gasteiger partial charge in [-0.1, -0.05) is 0 Å². The van der Waals surface area contributed by atoms with Crippen LogP contribution in [0.3, 0.4) is 0 Å². The largest absolute Gasteiger partial charge is 0.490 e. The molecule has 2 aliphatic heterocycles. The van der Waals surface area contributed by atoms with E-state index in [9.17, 15) is 0 Å². The molecule has 1 aromatic carbocycles. The normalized spacial score (nSPS) is 22.4. The smallest absolute Gasteiger partial charge is 0.193 e. The second-order valence-corrected chi connectivity index (χ2v) is 7.63. The summed E-state index contributed by atoms with van der Waals surface area (Å²) < 4.78 is 17.4. The maximum atomic E-state index is 6.10. The summed E-state index contributed by atoms with van der Waals surface area (Å²) in [4.78, 5) is 5.89. The van der Waals surface area contributed by atoms with E-state index in [1.807, 2.05) is 18.2 Å². The highest BCUT2D eigenvalue weighted by Gasteiger charge is 2.33. The average Bonchev–Trinajstić information content (AvgIpc) is 3.00. The van der Waals surface area contributed by atoms with Gasteiger partial charge in [-0.3, -0.25) is 0 Å². The number of rotatable bonds is 3. The lowest BCUT2D eigenvalue weighted by Gasteiger charge is -2.33. The third-order valence-corrected chi connectivity index (χ3v) is 5.62. The Kier molecular flexibility index (Phi) is 4.74. The van der Waals surface area contributed by atoms with Crippen LogP contribution in [-0.4, -0.2) is 32.3 Å². The third-order valence-electron chi connectivity index (χ3n) is 4.64. The van der Waals surface area contributed by atoms with Gasteiger partial charge < -0.3 is 25.3 Å². The first-order valence-electron chi connectivity index (χ1n) is 8.81. The fourth-order valence-electron chi connectivity index (χ4n) is 3.25. The number of guanidine groups is 1. The molecule has 0 amide bonds. The quantitative estimate of drug-likeness (QED) is 0.638. The molecule has 0 bridgehead atoms. The van der Waals surface area contributed by atoms with Crippen LogP contribution in [-0.2, 0) is 16.8 Å². The van der Waals surface area contributed by atoms with Crippen LogP contribution < -0.4 is 20.5 Å². The van der Waals surface area contributed by atoms with Gasteiger partial charge in [-0.2, -0.15) is 0 Å². The van der Waals surface area contributed by atoms with Gasteiger partial charge in [-0.05, 0) is 36.1 Å². The highest BCUT2D eigenvalue weighted by molar-refractivity contribution is 7.10. The van der Waals surface area contributed by atoms with E-state index in [-0.39, 0.29) is 0 Å². The summed E-state index contributed by atoms with van der Waals surface area (Å²) in [5.41, 5.74) is 7.72. The highest BCUT2D eigenvalue weighted by atomic mass is 32.1. The minimum absolute atomic E-state index is 0.353. The van der Waals surface area contributed by atoms with Crippen molar-refractivity contribution in [1.82, 2.24) is 0 Å². The lowest BCUT2D eigenvalue weighted by molar-refractivity contribution is -0.0374. The molecule has 0 aliphatic carbocycles. The van der Waals surface area contributed by atoms with Crippen molar-refractivity contribution in [3.63, 3.8) is 0 Å². The Balaban J connectivity index is 1.46. The van der Waals surface area contributed by atoms with E-state index in [2.05, 4.69) is 28.7 Å². The number of nitrogens with zero attached hydrogens (tertiary/aromatic N) is 1. The van der Waals surface area contributed by atoms with Crippen molar-refractivity contribution < 1.29 is 14.2 Å². The fourth-order valence-corrected chi connectivity index (χ4v) is 4.23. The van der Waals surface area contributed by atoms with Gasteiger partial charge in [0.1, 0.15) is 5.60 Å². The minimum atomic E-state index is -0.426. The molecular formula is C19H23N3O3S. The van der Waals surface area contributed by atoms with Crippen LogP contribution in [0.5, 0.6) is 11.5 Å². The molecule has 2 aliphatic rings. The van der Waals surface area contributed by atoms with E-state index < -0.39 is 5.60 Å². The molecule has 1 aromatic heterocycles.